The van der Waals surface area contributed by atoms with Gasteiger partial charge < -0.3 is 4.74 Å². The van der Waals surface area contributed by atoms with Gasteiger partial charge in [-0.1, -0.05) is 17.7 Å². The Morgan fingerprint density at radius 3 is 2.53 bits per heavy atom. The van der Waals surface area contributed by atoms with Crippen molar-refractivity contribution in [2.45, 2.75) is 18.2 Å². The molecule has 2 rings (SSSR count). The third-order valence-corrected chi connectivity index (χ3v) is 4.47. The van der Waals surface area contributed by atoms with Gasteiger partial charge >= 0.3 is 5.97 Å². The SMILES string of the molecule is COC(=O)[C@@H]1C[C@@H]1COS(=O)(=O)c1ccc(C)cc1. The molecule has 1 saturated carbocycles. The average molecular weight is 284 g/mol. The number of ether oxygens (including phenoxy) is 1. The van der Waals surface area contributed by atoms with Crippen molar-refractivity contribution in [2.75, 3.05) is 13.7 Å². The first-order valence-electron chi connectivity index (χ1n) is 5.98. The maximum absolute atomic E-state index is 11.9. The lowest BCUT2D eigenvalue weighted by Crippen LogP contribution is -2.11. The summed E-state index contributed by atoms with van der Waals surface area (Å²) in [6.45, 7) is 1.90. The predicted molar refractivity (Wildman–Crippen MR) is 67.9 cm³/mol. The van der Waals surface area contributed by atoms with E-state index in [1.165, 1.54) is 19.2 Å². The van der Waals surface area contributed by atoms with E-state index in [-0.39, 0.29) is 29.3 Å². The number of aryl methyl sites for hydroxylation is 1. The zero-order valence-electron chi connectivity index (χ0n) is 10.8. The van der Waals surface area contributed by atoms with Crippen LogP contribution in [0, 0.1) is 18.8 Å². The molecule has 19 heavy (non-hydrogen) atoms. The van der Waals surface area contributed by atoms with Gasteiger partial charge in [0.25, 0.3) is 10.1 Å². The van der Waals surface area contributed by atoms with Crippen LogP contribution in [0.2, 0.25) is 0 Å². The Kier molecular flexibility index (Phi) is 3.91. The predicted octanol–water partition coefficient (Wildman–Crippen LogP) is 1.51. The molecule has 2 atom stereocenters. The van der Waals surface area contributed by atoms with Crippen LogP contribution in [0.3, 0.4) is 0 Å². The van der Waals surface area contributed by atoms with Crippen LogP contribution in [0.4, 0.5) is 0 Å². The van der Waals surface area contributed by atoms with E-state index in [2.05, 4.69) is 4.74 Å². The molecule has 0 bridgehead atoms. The third kappa shape index (κ3) is 3.33. The van der Waals surface area contributed by atoms with Crippen LogP contribution in [0.5, 0.6) is 0 Å². The minimum absolute atomic E-state index is 0.0238. The molecule has 0 aromatic heterocycles. The maximum Gasteiger partial charge on any atom is 0.309 e. The first-order chi connectivity index (χ1) is 8.94. The minimum atomic E-state index is -3.74. The van der Waals surface area contributed by atoms with Crippen molar-refractivity contribution in [3.8, 4) is 0 Å². The molecule has 6 heteroatoms. The van der Waals surface area contributed by atoms with Gasteiger partial charge in [-0.2, -0.15) is 8.42 Å². The average Bonchev–Trinajstić information content (AvgIpc) is 3.16. The molecule has 0 aliphatic heterocycles. The second-order valence-corrected chi connectivity index (χ2v) is 6.29. The lowest BCUT2D eigenvalue weighted by molar-refractivity contribution is -0.142. The maximum atomic E-state index is 11.9. The van der Waals surface area contributed by atoms with Crippen molar-refractivity contribution in [1.82, 2.24) is 0 Å². The van der Waals surface area contributed by atoms with Gasteiger partial charge in [0.1, 0.15) is 0 Å². The van der Waals surface area contributed by atoms with Crippen molar-refractivity contribution in [2.24, 2.45) is 11.8 Å². The zero-order valence-corrected chi connectivity index (χ0v) is 11.6. The van der Waals surface area contributed by atoms with Crippen LogP contribution in [0.1, 0.15) is 12.0 Å². The second kappa shape index (κ2) is 5.30. The molecule has 0 amide bonds. The molecule has 1 aromatic rings. The Hall–Kier alpha value is -1.40. The van der Waals surface area contributed by atoms with Gasteiger partial charge in [-0.05, 0) is 31.4 Å². The van der Waals surface area contributed by atoms with E-state index in [0.29, 0.717) is 6.42 Å². The van der Waals surface area contributed by atoms with Crippen LogP contribution in [0.25, 0.3) is 0 Å². The topological polar surface area (TPSA) is 69.7 Å². The molecule has 5 nitrogen and oxygen atoms in total. The minimum Gasteiger partial charge on any atom is -0.469 e. The van der Waals surface area contributed by atoms with Crippen molar-refractivity contribution < 1.29 is 22.1 Å². The standard InChI is InChI=1S/C13H16O5S/c1-9-3-5-11(6-4-9)19(15,16)18-8-10-7-12(10)13(14)17-2/h3-6,10,12H,7-8H2,1-2H3/t10-,12-/m1/s1. The highest BCUT2D eigenvalue weighted by atomic mass is 32.2. The second-order valence-electron chi connectivity index (χ2n) is 4.68. The number of benzene rings is 1. The summed E-state index contributed by atoms with van der Waals surface area (Å²) in [5, 5.41) is 0. The van der Waals surface area contributed by atoms with Gasteiger partial charge in [0.15, 0.2) is 0 Å². The summed E-state index contributed by atoms with van der Waals surface area (Å²) < 4.78 is 33.3. The van der Waals surface area contributed by atoms with E-state index in [4.69, 9.17) is 4.18 Å². The third-order valence-electron chi connectivity index (χ3n) is 3.17. The van der Waals surface area contributed by atoms with Crippen LogP contribution in [0.15, 0.2) is 29.2 Å². The molecule has 1 aliphatic rings. The summed E-state index contributed by atoms with van der Waals surface area (Å²) in [5.74, 6) is -0.591. The zero-order chi connectivity index (χ0) is 14.0. The van der Waals surface area contributed by atoms with E-state index >= 15 is 0 Å². The Bertz CT molecular complexity index is 561. The van der Waals surface area contributed by atoms with Gasteiger partial charge in [0, 0.05) is 0 Å². The normalized spacial score (nSPS) is 22.0. The molecular weight excluding hydrogens is 268 g/mol. The van der Waals surface area contributed by atoms with E-state index in [1.54, 1.807) is 12.1 Å². The van der Waals surface area contributed by atoms with Gasteiger partial charge in [-0.3, -0.25) is 8.98 Å². The number of methoxy groups -OCH3 is 1. The van der Waals surface area contributed by atoms with Crippen LogP contribution in [-0.2, 0) is 23.8 Å². The van der Waals surface area contributed by atoms with Crippen molar-refractivity contribution >= 4 is 16.1 Å². The van der Waals surface area contributed by atoms with Crippen molar-refractivity contribution in [3.63, 3.8) is 0 Å². The fraction of sp³-hybridized carbons (Fsp3) is 0.462. The number of rotatable bonds is 5. The quantitative estimate of drug-likeness (QED) is 0.605. The monoisotopic (exact) mass is 284 g/mol. The molecule has 0 unspecified atom stereocenters. The molecule has 0 radical (unpaired) electrons. The van der Waals surface area contributed by atoms with Crippen molar-refractivity contribution in [1.29, 1.82) is 0 Å². The number of carbonyl (C=O) groups is 1. The van der Waals surface area contributed by atoms with E-state index in [0.717, 1.165) is 5.56 Å². The summed E-state index contributed by atoms with van der Waals surface area (Å²) in [5.41, 5.74) is 0.979. The Labute approximate surface area is 112 Å². The van der Waals surface area contributed by atoms with Gasteiger partial charge in [0.2, 0.25) is 0 Å². The largest absolute Gasteiger partial charge is 0.469 e. The molecule has 1 aliphatic carbocycles. The van der Waals surface area contributed by atoms with Crippen LogP contribution < -0.4 is 0 Å². The fourth-order valence-electron chi connectivity index (χ4n) is 1.82. The number of carbonyl (C=O) groups excluding carboxylic acids is 1. The van der Waals surface area contributed by atoms with Crippen LogP contribution in [-0.4, -0.2) is 28.1 Å². The number of hydrogen-bond donors (Lipinski definition) is 0. The molecule has 0 spiro atoms. The van der Waals surface area contributed by atoms with E-state index in [9.17, 15) is 13.2 Å². The molecule has 0 N–H and O–H groups in total. The van der Waals surface area contributed by atoms with Gasteiger partial charge in [0.05, 0.1) is 24.5 Å². The first-order valence-corrected chi connectivity index (χ1v) is 7.39. The van der Waals surface area contributed by atoms with Crippen molar-refractivity contribution in [3.05, 3.63) is 29.8 Å². The molecular formula is C13H16O5S. The molecule has 1 aromatic carbocycles. The summed E-state index contributed by atoms with van der Waals surface area (Å²) in [6, 6.07) is 6.44. The van der Waals surface area contributed by atoms with E-state index in [1.807, 2.05) is 6.92 Å². The Balaban J connectivity index is 1.93. The molecule has 0 heterocycles. The highest BCUT2D eigenvalue weighted by Crippen LogP contribution is 2.40. The molecule has 1 fully saturated rings. The highest BCUT2D eigenvalue weighted by Gasteiger charge is 2.44. The van der Waals surface area contributed by atoms with Gasteiger partial charge in [-0.15, -0.1) is 0 Å². The summed E-state index contributed by atoms with van der Waals surface area (Å²) in [7, 11) is -2.42. The van der Waals surface area contributed by atoms with E-state index < -0.39 is 10.1 Å². The Morgan fingerprint density at radius 2 is 1.95 bits per heavy atom. The smallest absolute Gasteiger partial charge is 0.309 e. The number of esters is 1. The summed E-state index contributed by atoms with van der Waals surface area (Å²) in [6.07, 6.45) is 0.621. The fourth-order valence-corrected chi connectivity index (χ4v) is 2.78. The summed E-state index contributed by atoms with van der Waals surface area (Å²) in [4.78, 5) is 11.3. The van der Waals surface area contributed by atoms with Gasteiger partial charge in [-0.25, -0.2) is 0 Å². The molecule has 0 saturated heterocycles. The summed E-state index contributed by atoms with van der Waals surface area (Å²) >= 11 is 0. The first kappa shape index (κ1) is 14.0. The Morgan fingerprint density at radius 1 is 1.32 bits per heavy atom. The lowest BCUT2D eigenvalue weighted by Gasteiger charge is -2.05. The molecule has 104 valence electrons. The number of hydrogen-bond acceptors (Lipinski definition) is 5. The lowest BCUT2D eigenvalue weighted by atomic mass is 10.2. The highest BCUT2D eigenvalue weighted by molar-refractivity contribution is 7.86. The van der Waals surface area contributed by atoms with Crippen LogP contribution >= 0.6 is 0 Å².